The van der Waals surface area contributed by atoms with Crippen LogP contribution in [0.4, 0.5) is 16.2 Å². The number of urea groups is 1. The number of carbonyl (C=O) groups is 1. The first-order valence-corrected chi connectivity index (χ1v) is 4.12. The molecule has 1 aromatic carbocycles. The van der Waals surface area contributed by atoms with Crippen LogP contribution in [0, 0.1) is 0 Å². The summed E-state index contributed by atoms with van der Waals surface area (Å²) in [5.74, 6) is 0. The second-order valence-corrected chi connectivity index (χ2v) is 2.61. The van der Waals surface area contributed by atoms with Crippen LogP contribution < -0.4 is 16.4 Å². The molecule has 0 bridgehead atoms. The van der Waals surface area contributed by atoms with Crippen molar-refractivity contribution < 1.29 is 4.79 Å². The third-order valence-corrected chi connectivity index (χ3v) is 1.48. The molecule has 4 heteroatoms. The number of carbonyl (C=O) groups excluding carboxylic acids is 1. The lowest BCUT2D eigenvalue weighted by atomic mass is 10.3. The zero-order valence-electron chi connectivity index (χ0n) is 7.50. The fourth-order valence-corrected chi connectivity index (χ4v) is 0.952. The first-order valence-electron chi connectivity index (χ1n) is 4.12. The molecule has 0 saturated carbocycles. The Labute approximate surface area is 77.1 Å². The van der Waals surface area contributed by atoms with Gasteiger partial charge in [0.05, 0.1) is 0 Å². The number of hydrogen-bond donors (Lipinski definition) is 3. The second kappa shape index (κ2) is 4.35. The van der Waals surface area contributed by atoms with Crippen LogP contribution in [0.25, 0.3) is 0 Å². The highest BCUT2D eigenvalue weighted by Crippen LogP contribution is 2.10. The lowest BCUT2D eigenvalue weighted by molar-refractivity contribution is 0.252. The molecule has 1 rings (SSSR count). The molecule has 0 radical (unpaired) electrons. The maximum Gasteiger partial charge on any atom is 0.319 e. The van der Waals surface area contributed by atoms with Crippen molar-refractivity contribution in [2.24, 2.45) is 0 Å². The lowest BCUT2D eigenvalue weighted by Crippen LogP contribution is -2.28. The number of hydrogen-bond acceptors (Lipinski definition) is 2. The number of anilines is 2. The predicted octanol–water partition coefficient (Wildman–Crippen LogP) is 1.41. The molecule has 0 spiro atoms. The van der Waals surface area contributed by atoms with Gasteiger partial charge >= 0.3 is 6.03 Å². The van der Waals surface area contributed by atoms with Crippen LogP contribution in [0.1, 0.15) is 6.92 Å². The van der Waals surface area contributed by atoms with Crippen molar-refractivity contribution in [3.63, 3.8) is 0 Å². The van der Waals surface area contributed by atoms with Crippen LogP contribution in [-0.4, -0.2) is 12.6 Å². The van der Waals surface area contributed by atoms with Gasteiger partial charge in [-0.15, -0.1) is 0 Å². The Balaban J connectivity index is 2.58. The molecule has 0 aliphatic rings. The fraction of sp³-hybridized carbons (Fsp3) is 0.222. The van der Waals surface area contributed by atoms with Gasteiger partial charge in [-0.1, -0.05) is 6.07 Å². The van der Waals surface area contributed by atoms with E-state index in [2.05, 4.69) is 10.6 Å². The number of rotatable bonds is 2. The first-order chi connectivity index (χ1) is 6.22. The van der Waals surface area contributed by atoms with E-state index in [1.165, 1.54) is 0 Å². The normalized spacial score (nSPS) is 9.31. The molecule has 0 heterocycles. The Morgan fingerprint density at radius 1 is 1.54 bits per heavy atom. The molecule has 2 amide bonds. The van der Waals surface area contributed by atoms with Gasteiger partial charge in [-0.2, -0.15) is 0 Å². The molecule has 0 aromatic heterocycles. The van der Waals surface area contributed by atoms with E-state index in [0.717, 1.165) is 0 Å². The number of nitrogens with one attached hydrogen (secondary N) is 2. The zero-order valence-corrected chi connectivity index (χ0v) is 7.50. The molecular formula is C9H13N3O. The van der Waals surface area contributed by atoms with Gasteiger partial charge in [-0.25, -0.2) is 4.79 Å². The van der Waals surface area contributed by atoms with Crippen LogP contribution in [0.2, 0.25) is 0 Å². The van der Waals surface area contributed by atoms with Crippen LogP contribution in [0.5, 0.6) is 0 Å². The quantitative estimate of drug-likeness (QED) is 0.601. The molecule has 0 saturated heterocycles. The Morgan fingerprint density at radius 2 is 2.31 bits per heavy atom. The van der Waals surface area contributed by atoms with Gasteiger partial charge in [-0.05, 0) is 25.1 Å². The van der Waals surface area contributed by atoms with E-state index in [4.69, 9.17) is 5.73 Å². The second-order valence-electron chi connectivity index (χ2n) is 2.61. The summed E-state index contributed by atoms with van der Waals surface area (Å²) in [6, 6.07) is 6.83. The Bertz CT molecular complexity index is 299. The van der Waals surface area contributed by atoms with Crippen molar-refractivity contribution in [1.82, 2.24) is 5.32 Å². The predicted molar refractivity (Wildman–Crippen MR) is 53.5 cm³/mol. The highest BCUT2D eigenvalue weighted by molar-refractivity contribution is 5.89. The highest BCUT2D eigenvalue weighted by atomic mass is 16.2. The van der Waals surface area contributed by atoms with Gasteiger partial charge in [0.1, 0.15) is 0 Å². The van der Waals surface area contributed by atoms with Crippen LogP contribution >= 0.6 is 0 Å². The van der Waals surface area contributed by atoms with Gasteiger partial charge in [-0.3, -0.25) is 0 Å². The molecule has 0 aliphatic carbocycles. The van der Waals surface area contributed by atoms with Crippen LogP contribution in [-0.2, 0) is 0 Å². The lowest BCUT2D eigenvalue weighted by Gasteiger charge is -2.05. The number of nitrogens with two attached hydrogens (primary N) is 1. The zero-order chi connectivity index (χ0) is 9.68. The SMILES string of the molecule is CCNC(=O)Nc1cccc(N)c1. The molecule has 1 aromatic rings. The van der Waals surface area contributed by atoms with Crippen molar-refractivity contribution in [3.05, 3.63) is 24.3 Å². The van der Waals surface area contributed by atoms with Gasteiger partial charge in [0, 0.05) is 17.9 Å². The summed E-state index contributed by atoms with van der Waals surface area (Å²) in [6.07, 6.45) is 0. The highest BCUT2D eigenvalue weighted by Gasteiger charge is 1.98. The molecule has 13 heavy (non-hydrogen) atoms. The van der Waals surface area contributed by atoms with Gasteiger partial charge < -0.3 is 16.4 Å². The number of nitrogen functional groups attached to an aromatic ring is 1. The number of amides is 2. The minimum absolute atomic E-state index is 0.215. The minimum atomic E-state index is -0.215. The Hall–Kier alpha value is -1.71. The average Bonchev–Trinajstić information content (AvgIpc) is 2.04. The summed E-state index contributed by atoms with van der Waals surface area (Å²) in [5.41, 5.74) is 6.87. The van der Waals surface area contributed by atoms with Crippen molar-refractivity contribution in [3.8, 4) is 0 Å². The third-order valence-electron chi connectivity index (χ3n) is 1.48. The monoisotopic (exact) mass is 179 g/mol. The van der Waals surface area contributed by atoms with Crippen molar-refractivity contribution >= 4 is 17.4 Å². The standard InChI is InChI=1S/C9H13N3O/c1-2-11-9(13)12-8-5-3-4-7(10)6-8/h3-6H,2,10H2,1H3,(H2,11,12,13). The molecule has 0 unspecified atom stereocenters. The molecule has 0 aliphatic heterocycles. The Kier molecular flexibility index (Phi) is 3.14. The molecule has 0 atom stereocenters. The molecular weight excluding hydrogens is 166 g/mol. The largest absolute Gasteiger partial charge is 0.399 e. The third kappa shape index (κ3) is 3.02. The van der Waals surface area contributed by atoms with E-state index in [9.17, 15) is 4.79 Å². The average molecular weight is 179 g/mol. The van der Waals surface area contributed by atoms with Gasteiger partial charge in [0.15, 0.2) is 0 Å². The fourth-order valence-electron chi connectivity index (χ4n) is 0.952. The molecule has 70 valence electrons. The summed E-state index contributed by atoms with van der Waals surface area (Å²) in [7, 11) is 0. The maximum absolute atomic E-state index is 11.1. The van der Waals surface area contributed by atoms with E-state index in [0.29, 0.717) is 17.9 Å². The van der Waals surface area contributed by atoms with E-state index >= 15 is 0 Å². The summed E-state index contributed by atoms with van der Waals surface area (Å²) in [5, 5.41) is 5.28. The summed E-state index contributed by atoms with van der Waals surface area (Å²) in [6.45, 7) is 2.47. The molecule has 4 nitrogen and oxygen atoms in total. The summed E-state index contributed by atoms with van der Waals surface area (Å²) >= 11 is 0. The smallest absolute Gasteiger partial charge is 0.319 e. The molecule has 4 N–H and O–H groups in total. The van der Waals surface area contributed by atoms with E-state index in [-0.39, 0.29) is 6.03 Å². The van der Waals surface area contributed by atoms with Crippen LogP contribution in [0.3, 0.4) is 0 Å². The van der Waals surface area contributed by atoms with Crippen molar-refractivity contribution in [2.45, 2.75) is 6.92 Å². The van der Waals surface area contributed by atoms with E-state index in [1.54, 1.807) is 24.3 Å². The summed E-state index contributed by atoms with van der Waals surface area (Å²) in [4.78, 5) is 11.1. The van der Waals surface area contributed by atoms with E-state index in [1.807, 2.05) is 6.92 Å². The Morgan fingerprint density at radius 3 is 2.92 bits per heavy atom. The molecule has 0 fully saturated rings. The summed E-state index contributed by atoms with van der Waals surface area (Å²) < 4.78 is 0. The van der Waals surface area contributed by atoms with Crippen molar-refractivity contribution in [2.75, 3.05) is 17.6 Å². The minimum Gasteiger partial charge on any atom is -0.399 e. The maximum atomic E-state index is 11.1. The van der Waals surface area contributed by atoms with Crippen molar-refractivity contribution in [1.29, 1.82) is 0 Å². The first kappa shape index (κ1) is 9.38. The van der Waals surface area contributed by atoms with Crippen LogP contribution in [0.15, 0.2) is 24.3 Å². The van der Waals surface area contributed by atoms with Gasteiger partial charge in [0.2, 0.25) is 0 Å². The van der Waals surface area contributed by atoms with E-state index < -0.39 is 0 Å². The topological polar surface area (TPSA) is 67.2 Å². The van der Waals surface area contributed by atoms with Gasteiger partial charge in [0.25, 0.3) is 0 Å². The number of benzene rings is 1.